The number of nitrogens with one attached hydrogen (secondary N) is 1. The molecule has 0 aliphatic heterocycles. The first-order valence-corrected chi connectivity index (χ1v) is 7.19. The zero-order valence-electron chi connectivity index (χ0n) is 9.56. The van der Waals surface area contributed by atoms with Gasteiger partial charge >= 0.3 is 0 Å². The summed E-state index contributed by atoms with van der Waals surface area (Å²) in [6.07, 6.45) is 2.44. The predicted octanol–water partition coefficient (Wildman–Crippen LogP) is 1.30. The SMILES string of the molecule is CNC(CO)(CSc1nc(C)ns1)C1CC1. The van der Waals surface area contributed by atoms with Crippen molar-refractivity contribution in [3.05, 3.63) is 5.82 Å². The molecule has 16 heavy (non-hydrogen) atoms. The van der Waals surface area contributed by atoms with Crippen LogP contribution in [-0.4, -0.2) is 39.4 Å². The van der Waals surface area contributed by atoms with Crippen LogP contribution in [0.25, 0.3) is 0 Å². The Bertz CT molecular complexity index is 348. The van der Waals surface area contributed by atoms with Crippen LogP contribution in [0.15, 0.2) is 4.34 Å². The van der Waals surface area contributed by atoms with Crippen molar-refractivity contribution in [2.45, 2.75) is 29.6 Å². The third kappa shape index (κ3) is 2.56. The molecule has 0 aromatic carbocycles. The van der Waals surface area contributed by atoms with Crippen LogP contribution in [0.2, 0.25) is 0 Å². The number of nitrogens with zero attached hydrogens (tertiary/aromatic N) is 2. The Labute approximate surface area is 104 Å². The molecule has 0 saturated heterocycles. The molecule has 1 unspecified atom stereocenters. The fraction of sp³-hybridized carbons (Fsp3) is 0.800. The summed E-state index contributed by atoms with van der Waals surface area (Å²) in [5.74, 6) is 2.31. The molecule has 2 rings (SSSR count). The Morgan fingerprint density at radius 3 is 2.81 bits per heavy atom. The lowest BCUT2D eigenvalue weighted by Crippen LogP contribution is -2.51. The van der Waals surface area contributed by atoms with Crippen LogP contribution in [0, 0.1) is 12.8 Å². The standard InChI is InChI=1S/C10H17N3OS2/c1-7-12-9(16-13-7)15-6-10(5-14,11-2)8-3-4-8/h8,11,14H,3-6H2,1-2H3. The summed E-state index contributed by atoms with van der Waals surface area (Å²) < 4.78 is 5.15. The van der Waals surface area contributed by atoms with Crippen LogP contribution in [0.4, 0.5) is 0 Å². The molecule has 6 heteroatoms. The lowest BCUT2D eigenvalue weighted by atomic mass is 9.97. The summed E-state index contributed by atoms with van der Waals surface area (Å²) in [6.45, 7) is 2.10. The number of rotatable bonds is 6. The average Bonchev–Trinajstić information content (AvgIpc) is 3.06. The van der Waals surface area contributed by atoms with E-state index >= 15 is 0 Å². The fourth-order valence-electron chi connectivity index (χ4n) is 1.81. The summed E-state index contributed by atoms with van der Waals surface area (Å²) in [6, 6.07) is 0. The molecular weight excluding hydrogens is 242 g/mol. The highest BCUT2D eigenvalue weighted by atomic mass is 32.2. The van der Waals surface area contributed by atoms with Gasteiger partial charge in [0.15, 0.2) is 4.34 Å². The van der Waals surface area contributed by atoms with Crippen molar-refractivity contribution in [2.24, 2.45) is 5.92 Å². The maximum Gasteiger partial charge on any atom is 0.170 e. The topological polar surface area (TPSA) is 58.0 Å². The van der Waals surface area contributed by atoms with Gasteiger partial charge in [0.05, 0.1) is 12.1 Å². The molecule has 1 fully saturated rings. The molecule has 1 aliphatic carbocycles. The fourth-order valence-corrected chi connectivity index (χ4v) is 3.78. The summed E-state index contributed by atoms with van der Waals surface area (Å²) in [5.41, 5.74) is -0.135. The van der Waals surface area contributed by atoms with Crippen LogP contribution in [0.5, 0.6) is 0 Å². The maximum atomic E-state index is 9.56. The first kappa shape index (κ1) is 12.3. The number of thioether (sulfide) groups is 1. The summed E-state index contributed by atoms with van der Waals surface area (Å²) in [5, 5.41) is 12.9. The van der Waals surface area contributed by atoms with E-state index in [1.54, 1.807) is 11.8 Å². The largest absolute Gasteiger partial charge is 0.394 e. The molecular formula is C10H17N3OS2. The van der Waals surface area contributed by atoms with Gasteiger partial charge in [0, 0.05) is 5.75 Å². The van der Waals surface area contributed by atoms with E-state index in [1.165, 1.54) is 24.4 Å². The van der Waals surface area contributed by atoms with Gasteiger partial charge in [-0.05, 0) is 44.3 Å². The lowest BCUT2D eigenvalue weighted by molar-refractivity contribution is 0.167. The van der Waals surface area contributed by atoms with Gasteiger partial charge in [-0.25, -0.2) is 4.98 Å². The van der Waals surface area contributed by atoms with E-state index in [2.05, 4.69) is 14.7 Å². The molecule has 2 N–H and O–H groups in total. The molecule has 1 aromatic rings. The second-order valence-electron chi connectivity index (χ2n) is 4.23. The third-order valence-corrected chi connectivity index (χ3v) is 5.28. The van der Waals surface area contributed by atoms with E-state index < -0.39 is 0 Å². The first-order chi connectivity index (χ1) is 7.70. The normalized spacial score (nSPS) is 19.7. The second-order valence-corrected chi connectivity index (χ2v) is 6.21. The number of likely N-dealkylation sites (N-methyl/N-ethyl adjacent to an activating group) is 1. The zero-order valence-corrected chi connectivity index (χ0v) is 11.2. The van der Waals surface area contributed by atoms with Gasteiger partial charge in [-0.2, -0.15) is 4.37 Å². The smallest absolute Gasteiger partial charge is 0.170 e. The maximum absolute atomic E-state index is 9.56. The average molecular weight is 259 g/mol. The number of aliphatic hydroxyl groups excluding tert-OH is 1. The van der Waals surface area contributed by atoms with Crippen molar-refractivity contribution in [3.63, 3.8) is 0 Å². The van der Waals surface area contributed by atoms with Crippen molar-refractivity contribution in [1.82, 2.24) is 14.7 Å². The van der Waals surface area contributed by atoms with E-state index in [4.69, 9.17) is 0 Å². The molecule has 90 valence electrons. The van der Waals surface area contributed by atoms with Gasteiger partial charge in [-0.1, -0.05) is 11.8 Å². The minimum absolute atomic E-state index is 0.135. The molecule has 0 amide bonds. The molecule has 0 spiro atoms. The van der Waals surface area contributed by atoms with Crippen molar-refractivity contribution in [2.75, 3.05) is 19.4 Å². The number of aromatic nitrogens is 2. The molecule has 4 nitrogen and oxygen atoms in total. The quantitative estimate of drug-likeness (QED) is 0.754. The lowest BCUT2D eigenvalue weighted by Gasteiger charge is -2.31. The molecule has 1 aliphatic rings. The van der Waals surface area contributed by atoms with Crippen LogP contribution >= 0.6 is 23.3 Å². The van der Waals surface area contributed by atoms with E-state index in [9.17, 15) is 5.11 Å². The number of aryl methyl sites for hydroxylation is 1. The highest BCUT2D eigenvalue weighted by Crippen LogP contribution is 2.42. The van der Waals surface area contributed by atoms with Gasteiger partial charge < -0.3 is 10.4 Å². The highest BCUT2D eigenvalue weighted by molar-refractivity contribution is 8.01. The van der Waals surface area contributed by atoms with Crippen molar-refractivity contribution in [3.8, 4) is 0 Å². The molecule has 0 bridgehead atoms. The van der Waals surface area contributed by atoms with Crippen molar-refractivity contribution in [1.29, 1.82) is 0 Å². The van der Waals surface area contributed by atoms with Crippen LogP contribution in [0.3, 0.4) is 0 Å². The van der Waals surface area contributed by atoms with Gasteiger partial charge in [0.1, 0.15) is 5.82 Å². The van der Waals surface area contributed by atoms with Gasteiger partial charge in [0.25, 0.3) is 0 Å². The number of aliphatic hydroxyl groups is 1. The second kappa shape index (κ2) is 5.00. The Morgan fingerprint density at radius 1 is 1.62 bits per heavy atom. The van der Waals surface area contributed by atoms with E-state index in [-0.39, 0.29) is 12.1 Å². The summed E-state index contributed by atoms with van der Waals surface area (Å²) in [7, 11) is 1.93. The third-order valence-electron chi connectivity index (χ3n) is 3.10. The Kier molecular flexibility index (Phi) is 3.84. The van der Waals surface area contributed by atoms with Gasteiger partial charge in [-0.3, -0.25) is 0 Å². The van der Waals surface area contributed by atoms with Crippen LogP contribution in [0.1, 0.15) is 18.7 Å². The Balaban J connectivity index is 1.96. The van der Waals surface area contributed by atoms with Crippen LogP contribution < -0.4 is 5.32 Å². The first-order valence-electron chi connectivity index (χ1n) is 5.43. The highest BCUT2D eigenvalue weighted by Gasteiger charge is 2.43. The van der Waals surface area contributed by atoms with Crippen molar-refractivity contribution >= 4 is 23.3 Å². The minimum atomic E-state index is -0.135. The minimum Gasteiger partial charge on any atom is -0.394 e. The number of hydrogen-bond donors (Lipinski definition) is 2. The summed E-state index contributed by atoms with van der Waals surface area (Å²) >= 11 is 3.12. The van der Waals surface area contributed by atoms with Gasteiger partial charge in [0.2, 0.25) is 0 Å². The molecule has 1 saturated carbocycles. The molecule has 1 atom stereocenters. The van der Waals surface area contributed by atoms with E-state index in [0.717, 1.165) is 15.9 Å². The molecule has 0 radical (unpaired) electrons. The molecule has 1 heterocycles. The van der Waals surface area contributed by atoms with Crippen molar-refractivity contribution < 1.29 is 5.11 Å². The monoisotopic (exact) mass is 259 g/mol. The number of hydrogen-bond acceptors (Lipinski definition) is 6. The van der Waals surface area contributed by atoms with E-state index in [1.807, 2.05) is 14.0 Å². The zero-order chi connectivity index (χ0) is 11.6. The Morgan fingerprint density at radius 2 is 2.38 bits per heavy atom. The van der Waals surface area contributed by atoms with E-state index in [0.29, 0.717) is 5.92 Å². The molecule has 1 aromatic heterocycles. The van der Waals surface area contributed by atoms with Gasteiger partial charge in [-0.15, -0.1) is 0 Å². The summed E-state index contributed by atoms with van der Waals surface area (Å²) in [4.78, 5) is 4.32. The Hall–Kier alpha value is -0.170. The van der Waals surface area contributed by atoms with Crippen LogP contribution in [-0.2, 0) is 0 Å². The predicted molar refractivity (Wildman–Crippen MR) is 67.0 cm³/mol.